The number of nitrogens with zero attached hydrogens (tertiary/aromatic N) is 5. The molecule has 2 heterocycles. The number of hydrogen-bond donors (Lipinski definition) is 1. The Hall–Kier alpha value is -3.54. The van der Waals surface area contributed by atoms with Gasteiger partial charge in [0.1, 0.15) is 11.5 Å². The molecule has 1 amide bonds. The Morgan fingerprint density at radius 1 is 1.10 bits per heavy atom. The second-order valence-corrected chi connectivity index (χ2v) is 7.05. The summed E-state index contributed by atoms with van der Waals surface area (Å²) in [5.74, 6) is 2.06. The van der Waals surface area contributed by atoms with Crippen LogP contribution in [0.4, 0.5) is 5.69 Å². The van der Waals surface area contributed by atoms with E-state index in [1.54, 1.807) is 49.3 Å². The first-order valence-electron chi connectivity index (χ1n) is 9.06. The zero-order valence-corrected chi connectivity index (χ0v) is 18.3. The van der Waals surface area contributed by atoms with Crippen molar-refractivity contribution in [3.05, 3.63) is 36.2 Å². The van der Waals surface area contributed by atoms with Gasteiger partial charge in [-0.2, -0.15) is 0 Å². The van der Waals surface area contributed by atoms with Gasteiger partial charge in [0.2, 0.25) is 5.16 Å². The maximum atomic E-state index is 12.4. The Kier molecular flexibility index (Phi) is 7.49. The van der Waals surface area contributed by atoms with E-state index >= 15 is 0 Å². The topological polar surface area (TPSA) is 123 Å². The summed E-state index contributed by atoms with van der Waals surface area (Å²) in [5, 5.41) is 14.7. The van der Waals surface area contributed by atoms with E-state index in [1.807, 2.05) is 0 Å². The molecule has 0 spiro atoms. The molecule has 1 aromatic carbocycles. The summed E-state index contributed by atoms with van der Waals surface area (Å²) in [4.78, 5) is 16.8. The van der Waals surface area contributed by atoms with Crippen molar-refractivity contribution in [1.29, 1.82) is 0 Å². The van der Waals surface area contributed by atoms with E-state index in [1.165, 1.54) is 26.0 Å². The summed E-state index contributed by atoms with van der Waals surface area (Å²) in [5.41, 5.74) is 1.20. The number of pyridine rings is 1. The summed E-state index contributed by atoms with van der Waals surface area (Å²) in [6.07, 6.45) is 1.54. The maximum absolute atomic E-state index is 12.4. The molecule has 3 rings (SSSR count). The summed E-state index contributed by atoms with van der Waals surface area (Å²) < 4.78 is 23.0. The van der Waals surface area contributed by atoms with Crippen molar-refractivity contribution < 1.29 is 23.7 Å². The molecule has 0 saturated heterocycles. The van der Waals surface area contributed by atoms with Crippen molar-refractivity contribution in [2.75, 3.05) is 33.3 Å². The standard InChI is InChI=1S/C19H22N6O5S/c1-25-19(22-23-24-25)31-11-12-7-16(17(29-4)9-20-12)30-10-18(26)21-14-8-13(27-2)5-6-15(14)28-3/h5-9H,10-11H2,1-4H3,(H,21,26). The highest BCUT2D eigenvalue weighted by molar-refractivity contribution is 7.98. The number of benzene rings is 1. The average molecular weight is 446 g/mol. The Morgan fingerprint density at radius 3 is 2.58 bits per heavy atom. The average Bonchev–Trinajstić information content (AvgIpc) is 3.20. The lowest BCUT2D eigenvalue weighted by atomic mass is 10.2. The van der Waals surface area contributed by atoms with E-state index in [-0.39, 0.29) is 12.5 Å². The van der Waals surface area contributed by atoms with Gasteiger partial charge in [0.15, 0.2) is 18.1 Å². The molecular weight excluding hydrogens is 424 g/mol. The molecule has 12 heteroatoms. The molecule has 0 bridgehead atoms. The monoisotopic (exact) mass is 446 g/mol. The highest BCUT2D eigenvalue weighted by atomic mass is 32.2. The van der Waals surface area contributed by atoms with Crippen molar-refractivity contribution in [1.82, 2.24) is 25.2 Å². The number of nitrogens with one attached hydrogen (secondary N) is 1. The van der Waals surface area contributed by atoms with Gasteiger partial charge < -0.3 is 24.3 Å². The van der Waals surface area contributed by atoms with Gasteiger partial charge in [-0.15, -0.1) is 5.10 Å². The van der Waals surface area contributed by atoms with Gasteiger partial charge in [-0.25, -0.2) is 4.68 Å². The summed E-state index contributed by atoms with van der Waals surface area (Å²) in [6, 6.07) is 6.83. The Bertz CT molecular complexity index is 1040. The van der Waals surface area contributed by atoms with Crippen molar-refractivity contribution in [2.24, 2.45) is 7.05 Å². The molecule has 2 aromatic heterocycles. The number of amides is 1. The van der Waals surface area contributed by atoms with Crippen LogP contribution in [0.5, 0.6) is 23.0 Å². The smallest absolute Gasteiger partial charge is 0.262 e. The van der Waals surface area contributed by atoms with Gasteiger partial charge in [-0.1, -0.05) is 11.8 Å². The first-order chi connectivity index (χ1) is 15.0. The highest BCUT2D eigenvalue weighted by Crippen LogP contribution is 2.30. The summed E-state index contributed by atoms with van der Waals surface area (Å²) in [6.45, 7) is -0.236. The highest BCUT2D eigenvalue weighted by Gasteiger charge is 2.13. The van der Waals surface area contributed by atoms with Crippen molar-refractivity contribution in [3.8, 4) is 23.0 Å². The second kappa shape index (κ2) is 10.5. The molecule has 0 atom stereocenters. The number of tetrazole rings is 1. The van der Waals surface area contributed by atoms with Gasteiger partial charge in [0.25, 0.3) is 5.91 Å². The fraction of sp³-hybridized carbons (Fsp3) is 0.316. The van der Waals surface area contributed by atoms with Gasteiger partial charge in [0.05, 0.1) is 38.9 Å². The predicted octanol–water partition coefficient (Wildman–Crippen LogP) is 1.94. The normalized spacial score (nSPS) is 10.5. The van der Waals surface area contributed by atoms with Crippen LogP contribution < -0.4 is 24.3 Å². The lowest BCUT2D eigenvalue weighted by Gasteiger charge is -2.14. The number of aryl methyl sites for hydroxylation is 1. The van der Waals surface area contributed by atoms with Crippen LogP contribution in [0.3, 0.4) is 0 Å². The number of carbonyl (C=O) groups excluding carboxylic acids is 1. The third-order valence-corrected chi connectivity index (χ3v) is 5.12. The summed E-state index contributed by atoms with van der Waals surface area (Å²) in [7, 11) is 6.33. The number of ether oxygens (including phenoxy) is 4. The molecule has 164 valence electrons. The summed E-state index contributed by atoms with van der Waals surface area (Å²) >= 11 is 1.43. The van der Waals surface area contributed by atoms with Gasteiger partial charge in [0, 0.05) is 24.9 Å². The molecule has 0 aliphatic heterocycles. The predicted molar refractivity (Wildman–Crippen MR) is 113 cm³/mol. The van der Waals surface area contributed by atoms with Crippen molar-refractivity contribution in [2.45, 2.75) is 10.9 Å². The number of rotatable bonds is 10. The van der Waals surface area contributed by atoms with E-state index in [0.717, 1.165) is 5.69 Å². The van der Waals surface area contributed by atoms with E-state index in [4.69, 9.17) is 18.9 Å². The molecule has 11 nitrogen and oxygen atoms in total. The Labute approximate surface area is 183 Å². The number of methoxy groups -OCH3 is 3. The molecule has 0 fully saturated rings. The van der Waals surface area contributed by atoms with E-state index < -0.39 is 0 Å². The fourth-order valence-electron chi connectivity index (χ4n) is 2.53. The van der Waals surface area contributed by atoms with E-state index in [9.17, 15) is 4.79 Å². The van der Waals surface area contributed by atoms with Gasteiger partial charge in [-0.3, -0.25) is 9.78 Å². The minimum Gasteiger partial charge on any atom is -0.497 e. The van der Waals surface area contributed by atoms with Crippen molar-refractivity contribution >= 4 is 23.4 Å². The first-order valence-corrected chi connectivity index (χ1v) is 10.0. The van der Waals surface area contributed by atoms with Crippen LogP contribution in [-0.4, -0.2) is 59.0 Å². The maximum Gasteiger partial charge on any atom is 0.262 e. The number of hydrogen-bond acceptors (Lipinski definition) is 10. The Balaban J connectivity index is 1.64. The van der Waals surface area contributed by atoms with Crippen LogP contribution in [0.2, 0.25) is 0 Å². The third-order valence-electron chi connectivity index (χ3n) is 4.08. The van der Waals surface area contributed by atoms with Crippen LogP contribution in [0.1, 0.15) is 5.69 Å². The SMILES string of the molecule is COc1ccc(OC)c(NC(=O)COc2cc(CSc3nnnn3C)ncc2OC)c1. The van der Waals surface area contributed by atoms with Crippen LogP contribution in [0.25, 0.3) is 0 Å². The molecule has 0 radical (unpaired) electrons. The molecule has 0 saturated carbocycles. The molecule has 0 unspecified atom stereocenters. The largest absolute Gasteiger partial charge is 0.497 e. The Morgan fingerprint density at radius 2 is 1.90 bits per heavy atom. The van der Waals surface area contributed by atoms with Crippen LogP contribution in [0.15, 0.2) is 35.6 Å². The van der Waals surface area contributed by atoms with Crippen LogP contribution >= 0.6 is 11.8 Å². The van der Waals surface area contributed by atoms with E-state index in [2.05, 4.69) is 25.8 Å². The molecule has 0 aliphatic rings. The number of aromatic nitrogens is 5. The zero-order valence-electron chi connectivity index (χ0n) is 17.5. The minimum absolute atomic E-state index is 0.236. The number of anilines is 1. The minimum atomic E-state index is -0.369. The van der Waals surface area contributed by atoms with Crippen LogP contribution in [0, 0.1) is 0 Å². The lowest BCUT2D eigenvalue weighted by molar-refractivity contribution is -0.118. The molecule has 31 heavy (non-hydrogen) atoms. The molecule has 3 aromatic rings. The quantitative estimate of drug-likeness (QED) is 0.462. The lowest BCUT2D eigenvalue weighted by Crippen LogP contribution is -2.20. The molecule has 0 aliphatic carbocycles. The van der Waals surface area contributed by atoms with Crippen LogP contribution in [-0.2, 0) is 17.6 Å². The van der Waals surface area contributed by atoms with Gasteiger partial charge in [-0.05, 0) is 22.6 Å². The van der Waals surface area contributed by atoms with E-state index in [0.29, 0.717) is 39.6 Å². The third kappa shape index (κ3) is 5.75. The molecule has 1 N–H and O–H groups in total. The van der Waals surface area contributed by atoms with Gasteiger partial charge >= 0.3 is 0 Å². The second-order valence-electron chi connectivity index (χ2n) is 6.10. The fourth-order valence-corrected chi connectivity index (χ4v) is 3.29. The first kappa shape index (κ1) is 22.2. The molecular formula is C19H22N6O5S. The van der Waals surface area contributed by atoms with Crippen molar-refractivity contribution in [3.63, 3.8) is 0 Å². The number of thioether (sulfide) groups is 1. The number of carbonyl (C=O) groups is 1. The zero-order chi connectivity index (χ0) is 22.2.